The van der Waals surface area contributed by atoms with Gasteiger partial charge in [0.15, 0.2) is 0 Å². The first-order chi connectivity index (χ1) is 7.56. The summed E-state index contributed by atoms with van der Waals surface area (Å²) in [6.45, 7) is 3.99. The lowest BCUT2D eigenvalue weighted by Gasteiger charge is -2.13. The smallest absolute Gasteiger partial charge is 0.338 e. The predicted molar refractivity (Wildman–Crippen MR) is 58.6 cm³/mol. The maximum Gasteiger partial charge on any atom is 0.338 e. The van der Waals surface area contributed by atoms with Crippen LogP contribution in [-0.2, 0) is 4.79 Å². The molecule has 2 atom stereocenters. The van der Waals surface area contributed by atoms with Crippen LogP contribution < -0.4 is 4.74 Å². The van der Waals surface area contributed by atoms with Gasteiger partial charge in [-0.15, -0.1) is 0 Å². The number of rotatable bonds is 5. The number of carboxylic acids is 1. The average Bonchev–Trinajstić information content (AvgIpc) is 2.28. The maximum absolute atomic E-state index is 13.2. The van der Waals surface area contributed by atoms with E-state index in [1.165, 1.54) is 0 Å². The van der Waals surface area contributed by atoms with Crippen molar-refractivity contribution in [3.8, 4) is 5.75 Å². The molecule has 0 aliphatic heterocycles. The normalized spacial score (nSPS) is 14.2. The SMILES string of the molecule is CCOc1ccc(C(C)C(F)C(=O)O)cc1. The van der Waals surface area contributed by atoms with Crippen LogP contribution in [0, 0.1) is 0 Å². The summed E-state index contributed by atoms with van der Waals surface area (Å²) in [5.41, 5.74) is 0.651. The zero-order chi connectivity index (χ0) is 12.1. The Morgan fingerprint density at radius 2 is 2.00 bits per heavy atom. The van der Waals surface area contributed by atoms with Crippen molar-refractivity contribution in [1.29, 1.82) is 0 Å². The van der Waals surface area contributed by atoms with Crippen molar-refractivity contribution in [3.05, 3.63) is 29.8 Å². The highest BCUT2D eigenvalue weighted by Gasteiger charge is 2.25. The van der Waals surface area contributed by atoms with Gasteiger partial charge in [0.05, 0.1) is 6.61 Å². The van der Waals surface area contributed by atoms with Gasteiger partial charge in [-0.2, -0.15) is 0 Å². The fourth-order valence-electron chi connectivity index (χ4n) is 1.42. The number of alkyl halides is 1. The molecule has 2 unspecified atom stereocenters. The van der Waals surface area contributed by atoms with E-state index in [1.807, 2.05) is 6.92 Å². The Labute approximate surface area is 93.9 Å². The first-order valence-electron chi connectivity index (χ1n) is 5.16. The minimum Gasteiger partial charge on any atom is -0.494 e. The highest BCUT2D eigenvalue weighted by molar-refractivity contribution is 5.73. The second kappa shape index (κ2) is 5.49. The molecule has 0 fully saturated rings. The fraction of sp³-hybridized carbons (Fsp3) is 0.417. The van der Waals surface area contributed by atoms with Crippen molar-refractivity contribution in [2.45, 2.75) is 25.9 Å². The van der Waals surface area contributed by atoms with Crippen LogP contribution in [0.25, 0.3) is 0 Å². The Bertz CT molecular complexity index is 348. The van der Waals surface area contributed by atoms with Crippen molar-refractivity contribution >= 4 is 5.97 Å². The fourth-order valence-corrected chi connectivity index (χ4v) is 1.42. The Kier molecular flexibility index (Phi) is 4.28. The molecule has 16 heavy (non-hydrogen) atoms. The minimum atomic E-state index is -1.88. The van der Waals surface area contributed by atoms with Crippen LogP contribution in [0.15, 0.2) is 24.3 Å². The molecule has 0 saturated carbocycles. The lowest BCUT2D eigenvalue weighted by Crippen LogP contribution is -2.21. The third-order valence-corrected chi connectivity index (χ3v) is 2.39. The molecule has 0 aliphatic carbocycles. The van der Waals surface area contributed by atoms with E-state index in [9.17, 15) is 9.18 Å². The van der Waals surface area contributed by atoms with Crippen molar-refractivity contribution in [1.82, 2.24) is 0 Å². The topological polar surface area (TPSA) is 46.5 Å². The molecule has 0 amide bonds. The number of halogens is 1. The van der Waals surface area contributed by atoms with Gasteiger partial charge in [0, 0.05) is 5.92 Å². The standard InChI is InChI=1S/C12H15FO3/c1-3-16-10-6-4-9(5-7-10)8(2)11(13)12(14)15/h4-8,11H,3H2,1-2H3,(H,14,15). The molecule has 0 aliphatic rings. The molecule has 1 N–H and O–H groups in total. The van der Waals surface area contributed by atoms with Gasteiger partial charge in [-0.05, 0) is 24.6 Å². The quantitative estimate of drug-likeness (QED) is 0.839. The van der Waals surface area contributed by atoms with Gasteiger partial charge in [-0.3, -0.25) is 0 Å². The first kappa shape index (κ1) is 12.5. The van der Waals surface area contributed by atoms with Crippen LogP contribution in [0.4, 0.5) is 4.39 Å². The minimum absolute atomic E-state index is 0.565. The van der Waals surface area contributed by atoms with Crippen LogP contribution in [0.5, 0.6) is 5.75 Å². The van der Waals surface area contributed by atoms with Crippen molar-refractivity contribution < 1.29 is 19.0 Å². The molecule has 0 aromatic heterocycles. The van der Waals surface area contributed by atoms with E-state index >= 15 is 0 Å². The summed E-state index contributed by atoms with van der Waals surface area (Å²) in [7, 11) is 0. The number of carbonyl (C=O) groups is 1. The molecular formula is C12H15FO3. The summed E-state index contributed by atoms with van der Waals surface area (Å²) >= 11 is 0. The van der Waals surface area contributed by atoms with Gasteiger partial charge in [0.2, 0.25) is 6.17 Å². The summed E-state index contributed by atoms with van der Waals surface area (Å²) in [5.74, 6) is -1.39. The van der Waals surface area contributed by atoms with Crippen molar-refractivity contribution in [3.63, 3.8) is 0 Å². The van der Waals surface area contributed by atoms with E-state index < -0.39 is 18.1 Å². The summed E-state index contributed by atoms with van der Waals surface area (Å²) in [5, 5.41) is 8.55. The van der Waals surface area contributed by atoms with Gasteiger partial charge in [-0.25, -0.2) is 9.18 Å². The highest BCUT2D eigenvalue weighted by Crippen LogP contribution is 2.24. The summed E-state index contributed by atoms with van der Waals surface area (Å²) in [6, 6.07) is 6.80. The number of hydrogen-bond donors (Lipinski definition) is 1. The molecule has 4 heteroatoms. The number of carboxylic acid groups (broad SMARTS) is 1. The average molecular weight is 226 g/mol. The molecular weight excluding hydrogens is 211 g/mol. The summed E-state index contributed by atoms with van der Waals surface area (Å²) in [4.78, 5) is 10.5. The van der Waals surface area contributed by atoms with E-state index in [0.29, 0.717) is 17.9 Å². The van der Waals surface area contributed by atoms with Gasteiger partial charge in [-0.1, -0.05) is 19.1 Å². The van der Waals surface area contributed by atoms with Gasteiger partial charge in [0.25, 0.3) is 0 Å². The zero-order valence-electron chi connectivity index (χ0n) is 9.31. The van der Waals surface area contributed by atoms with E-state index in [-0.39, 0.29) is 0 Å². The van der Waals surface area contributed by atoms with E-state index in [4.69, 9.17) is 9.84 Å². The predicted octanol–water partition coefficient (Wildman–Crippen LogP) is 2.61. The lowest BCUT2D eigenvalue weighted by atomic mass is 9.96. The van der Waals surface area contributed by atoms with Crippen LogP contribution in [0.1, 0.15) is 25.3 Å². The Balaban J connectivity index is 2.77. The lowest BCUT2D eigenvalue weighted by molar-refractivity contribution is -0.143. The molecule has 1 rings (SSSR count). The first-order valence-corrected chi connectivity index (χ1v) is 5.16. The van der Waals surface area contributed by atoms with Crippen LogP contribution in [0.2, 0.25) is 0 Å². The highest BCUT2D eigenvalue weighted by atomic mass is 19.1. The Hall–Kier alpha value is -1.58. The molecule has 0 saturated heterocycles. The van der Waals surface area contributed by atoms with E-state index in [0.717, 1.165) is 0 Å². The van der Waals surface area contributed by atoms with Crippen LogP contribution in [-0.4, -0.2) is 23.9 Å². The second-order valence-electron chi connectivity index (χ2n) is 3.53. The molecule has 0 radical (unpaired) electrons. The molecule has 0 spiro atoms. The van der Waals surface area contributed by atoms with Gasteiger partial charge >= 0.3 is 5.97 Å². The monoisotopic (exact) mass is 226 g/mol. The number of aliphatic carboxylic acids is 1. The molecule has 3 nitrogen and oxygen atoms in total. The Morgan fingerprint density at radius 3 is 2.44 bits per heavy atom. The molecule has 0 heterocycles. The summed E-state index contributed by atoms with van der Waals surface area (Å²) in [6.07, 6.45) is -1.88. The van der Waals surface area contributed by atoms with E-state index in [1.54, 1.807) is 31.2 Å². The maximum atomic E-state index is 13.2. The van der Waals surface area contributed by atoms with Crippen LogP contribution >= 0.6 is 0 Å². The summed E-state index contributed by atoms with van der Waals surface area (Å²) < 4.78 is 18.5. The van der Waals surface area contributed by atoms with Crippen LogP contribution in [0.3, 0.4) is 0 Å². The molecule has 0 bridgehead atoms. The third-order valence-electron chi connectivity index (χ3n) is 2.39. The van der Waals surface area contributed by atoms with Crippen molar-refractivity contribution in [2.24, 2.45) is 0 Å². The third kappa shape index (κ3) is 2.95. The zero-order valence-corrected chi connectivity index (χ0v) is 9.31. The number of benzene rings is 1. The number of hydrogen-bond acceptors (Lipinski definition) is 2. The molecule has 1 aromatic rings. The van der Waals surface area contributed by atoms with E-state index in [2.05, 4.69) is 0 Å². The van der Waals surface area contributed by atoms with Gasteiger partial charge < -0.3 is 9.84 Å². The Morgan fingerprint density at radius 1 is 1.44 bits per heavy atom. The second-order valence-corrected chi connectivity index (χ2v) is 3.53. The van der Waals surface area contributed by atoms with Gasteiger partial charge in [0.1, 0.15) is 5.75 Å². The molecule has 1 aromatic carbocycles. The molecule has 88 valence electrons. The van der Waals surface area contributed by atoms with Crippen molar-refractivity contribution in [2.75, 3.05) is 6.61 Å². The largest absolute Gasteiger partial charge is 0.494 e. The number of ether oxygens (including phenoxy) is 1.